The zero-order valence-corrected chi connectivity index (χ0v) is 14.2. The zero-order valence-electron chi connectivity index (χ0n) is 14.2. The SMILES string of the molecule is O=C(NCCc1cnc(-c2ccccc2)nc1)c1ccc(C(F)(F)F)cc1. The summed E-state index contributed by atoms with van der Waals surface area (Å²) in [4.78, 5) is 20.6. The summed E-state index contributed by atoms with van der Waals surface area (Å²) in [5, 5.41) is 2.68. The number of alkyl halides is 3. The van der Waals surface area contributed by atoms with E-state index in [9.17, 15) is 18.0 Å². The third-order valence-electron chi connectivity index (χ3n) is 3.91. The van der Waals surface area contributed by atoms with Gasteiger partial charge in [0.25, 0.3) is 5.91 Å². The number of carbonyl (C=O) groups is 1. The van der Waals surface area contributed by atoms with Crippen molar-refractivity contribution in [3.05, 3.63) is 83.7 Å². The molecule has 3 aromatic rings. The van der Waals surface area contributed by atoms with Gasteiger partial charge in [-0.2, -0.15) is 13.2 Å². The highest BCUT2D eigenvalue weighted by Crippen LogP contribution is 2.29. The Morgan fingerprint density at radius 1 is 0.926 bits per heavy atom. The van der Waals surface area contributed by atoms with Crippen LogP contribution in [-0.2, 0) is 12.6 Å². The van der Waals surface area contributed by atoms with Crippen molar-refractivity contribution < 1.29 is 18.0 Å². The molecule has 0 spiro atoms. The van der Waals surface area contributed by atoms with Crippen molar-refractivity contribution in [2.45, 2.75) is 12.6 Å². The number of benzene rings is 2. The highest BCUT2D eigenvalue weighted by molar-refractivity contribution is 5.94. The van der Waals surface area contributed by atoms with Crippen LogP contribution in [0.1, 0.15) is 21.5 Å². The number of rotatable bonds is 5. The van der Waals surface area contributed by atoms with E-state index in [-0.39, 0.29) is 5.56 Å². The van der Waals surface area contributed by atoms with Crippen LogP contribution in [0.5, 0.6) is 0 Å². The van der Waals surface area contributed by atoms with Crippen molar-refractivity contribution >= 4 is 5.91 Å². The predicted octanol–water partition coefficient (Wildman–Crippen LogP) is 4.13. The molecule has 1 aromatic heterocycles. The highest BCUT2D eigenvalue weighted by Gasteiger charge is 2.30. The summed E-state index contributed by atoms with van der Waals surface area (Å²) < 4.78 is 37.6. The van der Waals surface area contributed by atoms with E-state index < -0.39 is 17.6 Å². The molecule has 1 amide bonds. The number of nitrogens with zero attached hydrogens (tertiary/aromatic N) is 2. The minimum absolute atomic E-state index is 0.179. The van der Waals surface area contributed by atoms with Gasteiger partial charge in [0.15, 0.2) is 5.82 Å². The predicted molar refractivity (Wildman–Crippen MR) is 94.9 cm³/mol. The molecule has 1 heterocycles. The van der Waals surface area contributed by atoms with E-state index in [0.29, 0.717) is 18.8 Å². The fraction of sp³-hybridized carbons (Fsp3) is 0.150. The Morgan fingerprint density at radius 3 is 2.15 bits per heavy atom. The van der Waals surface area contributed by atoms with Crippen LogP contribution in [-0.4, -0.2) is 22.4 Å². The summed E-state index contributed by atoms with van der Waals surface area (Å²) in [5.74, 6) is 0.193. The average Bonchev–Trinajstić information content (AvgIpc) is 2.68. The van der Waals surface area contributed by atoms with Crippen molar-refractivity contribution in [2.75, 3.05) is 6.54 Å². The van der Waals surface area contributed by atoms with Gasteiger partial charge in [0, 0.05) is 30.1 Å². The van der Waals surface area contributed by atoms with E-state index >= 15 is 0 Å². The molecule has 0 aliphatic rings. The molecule has 1 N–H and O–H groups in total. The van der Waals surface area contributed by atoms with Crippen molar-refractivity contribution in [3.63, 3.8) is 0 Å². The molecule has 0 atom stereocenters. The molecular formula is C20H16F3N3O. The molecule has 4 nitrogen and oxygen atoms in total. The molecule has 3 rings (SSSR count). The standard InChI is InChI=1S/C20H16F3N3O/c21-20(22,23)17-8-6-16(7-9-17)19(27)24-11-10-14-12-25-18(26-13-14)15-4-2-1-3-5-15/h1-9,12-13H,10-11H2,(H,24,27). The lowest BCUT2D eigenvalue weighted by Crippen LogP contribution is -2.25. The Bertz CT molecular complexity index is 893. The largest absolute Gasteiger partial charge is 0.416 e. The van der Waals surface area contributed by atoms with Crippen LogP contribution in [0.2, 0.25) is 0 Å². The first-order chi connectivity index (χ1) is 12.9. The Kier molecular flexibility index (Phi) is 5.49. The van der Waals surface area contributed by atoms with Gasteiger partial charge in [-0.05, 0) is 36.2 Å². The van der Waals surface area contributed by atoms with Crippen LogP contribution in [0, 0.1) is 0 Å². The fourth-order valence-corrected chi connectivity index (χ4v) is 2.45. The summed E-state index contributed by atoms with van der Waals surface area (Å²) in [6.45, 7) is 0.327. The molecule has 0 unspecified atom stereocenters. The van der Waals surface area contributed by atoms with Crippen LogP contribution < -0.4 is 5.32 Å². The monoisotopic (exact) mass is 371 g/mol. The maximum atomic E-state index is 12.5. The van der Waals surface area contributed by atoms with Crippen molar-refractivity contribution in [3.8, 4) is 11.4 Å². The maximum Gasteiger partial charge on any atom is 0.416 e. The van der Waals surface area contributed by atoms with Gasteiger partial charge in [-0.1, -0.05) is 30.3 Å². The molecule has 0 radical (unpaired) electrons. The highest BCUT2D eigenvalue weighted by atomic mass is 19.4. The first-order valence-corrected chi connectivity index (χ1v) is 8.25. The van der Waals surface area contributed by atoms with Crippen LogP contribution in [0.3, 0.4) is 0 Å². The molecule has 0 aliphatic heterocycles. The number of halogens is 3. The molecule has 2 aromatic carbocycles. The number of hydrogen-bond donors (Lipinski definition) is 1. The third-order valence-corrected chi connectivity index (χ3v) is 3.91. The van der Waals surface area contributed by atoms with Gasteiger partial charge in [0.2, 0.25) is 0 Å². The van der Waals surface area contributed by atoms with Crippen molar-refractivity contribution in [1.82, 2.24) is 15.3 Å². The second-order valence-corrected chi connectivity index (χ2v) is 5.86. The maximum absolute atomic E-state index is 12.5. The smallest absolute Gasteiger partial charge is 0.352 e. The zero-order chi connectivity index (χ0) is 19.3. The molecule has 0 saturated heterocycles. The number of hydrogen-bond acceptors (Lipinski definition) is 3. The Hall–Kier alpha value is -3.22. The van der Waals surface area contributed by atoms with Gasteiger partial charge >= 0.3 is 6.18 Å². The van der Waals surface area contributed by atoms with E-state index in [1.807, 2.05) is 30.3 Å². The molecule has 0 aliphatic carbocycles. The van der Waals surface area contributed by atoms with Crippen LogP contribution >= 0.6 is 0 Å². The quantitative estimate of drug-likeness (QED) is 0.734. The Morgan fingerprint density at radius 2 is 1.56 bits per heavy atom. The van der Waals surface area contributed by atoms with Crippen LogP contribution in [0.25, 0.3) is 11.4 Å². The summed E-state index contributed by atoms with van der Waals surface area (Å²) >= 11 is 0. The summed E-state index contributed by atoms with van der Waals surface area (Å²) in [5.41, 5.74) is 1.16. The topological polar surface area (TPSA) is 54.9 Å². The molecular weight excluding hydrogens is 355 g/mol. The summed E-state index contributed by atoms with van der Waals surface area (Å²) in [6, 6.07) is 13.7. The molecule has 27 heavy (non-hydrogen) atoms. The second kappa shape index (κ2) is 7.99. The van der Waals surface area contributed by atoms with Gasteiger partial charge in [-0.25, -0.2) is 9.97 Å². The van der Waals surface area contributed by atoms with E-state index in [2.05, 4.69) is 15.3 Å². The second-order valence-electron chi connectivity index (χ2n) is 5.86. The van der Waals surface area contributed by atoms with Crippen molar-refractivity contribution in [2.24, 2.45) is 0 Å². The number of nitrogens with one attached hydrogen (secondary N) is 1. The van der Waals surface area contributed by atoms with Crippen molar-refractivity contribution in [1.29, 1.82) is 0 Å². The molecule has 138 valence electrons. The summed E-state index contributed by atoms with van der Waals surface area (Å²) in [6.07, 6.45) is -0.512. The first kappa shape index (κ1) is 18.6. The van der Waals surface area contributed by atoms with Gasteiger partial charge in [0.05, 0.1) is 5.56 Å². The number of amides is 1. The Labute approximate surface area is 154 Å². The van der Waals surface area contributed by atoms with E-state index in [4.69, 9.17) is 0 Å². The number of carbonyl (C=O) groups excluding carboxylic acids is 1. The lowest BCUT2D eigenvalue weighted by atomic mass is 10.1. The molecule has 7 heteroatoms. The van der Waals surface area contributed by atoms with E-state index in [1.165, 1.54) is 0 Å². The fourth-order valence-electron chi connectivity index (χ4n) is 2.45. The third kappa shape index (κ3) is 4.91. The lowest BCUT2D eigenvalue weighted by molar-refractivity contribution is -0.137. The van der Waals surface area contributed by atoms with E-state index in [1.54, 1.807) is 12.4 Å². The molecule has 0 saturated carbocycles. The minimum atomic E-state index is -4.42. The minimum Gasteiger partial charge on any atom is -0.352 e. The normalized spacial score (nSPS) is 11.2. The number of aromatic nitrogens is 2. The van der Waals surface area contributed by atoms with Gasteiger partial charge in [0.1, 0.15) is 0 Å². The Balaban J connectivity index is 1.53. The lowest BCUT2D eigenvalue weighted by Gasteiger charge is -2.08. The van der Waals surface area contributed by atoms with Crippen LogP contribution in [0.4, 0.5) is 13.2 Å². The molecule has 0 bridgehead atoms. The molecule has 0 fully saturated rings. The summed E-state index contributed by atoms with van der Waals surface area (Å²) in [7, 11) is 0. The van der Waals surface area contributed by atoms with Crippen LogP contribution in [0.15, 0.2) is 67.0 Å². The van der Waals surface area contributed by atoms with Gasteiger partial charge in [-0.3, -0.25) is 4.79 Å². The average molecular weight is 371 g/mol. The first-order valence-electron chi connectivity index (χ1n) is 8.25. The van der Waals surface area contributed by atoms with Gasteiger partial charge in [-0.15, -0.1) is 0 Å². The van der Waals surface area contributed by atoms with Gasteiger partial charge < -0.3 is 5.32 Å². The van der Waals surface area contributed by atoms with E-state index in [0.717, 1.165) is 35.4 Å².